The average molecular weight is 472 g/mol. The number of piperidine rings is 1. The number of likely N-dealkylation sites (tertiary alicyclic amines) is 1. The molecule has 1 aromatic heterocycles. The molecule has 2 amide bonds. The Hall–Kier alpha value is -2.94. The third-order valence-electron chi connectivity index (χ3n) is 6.58. The van der Waals surface area contributed by atoms with Crippen molar-refractivity contribution >= 4 is 12.0 Å². The Bertz CT molecular complexity index is 1090. The number of fused-ring (bicyclic) bond motifs is 2. The highest BCUT2D eigenvalue weighted by atomic mass is 19.1. The van der Waals surface area contributed by atoms with Gasteiger partial charge in [-0.05, 0) is 70.6 Å². The second-order valence-corrected chi connectivity index (χ2v) is 10.5. The number of hydrogen-bond donors (Lipinski definition) is 2. The minimum absolute atomic E-state index is 0.00690. The Morgan fingerprint density at radius 2 is 2.03 bits per heavy atom. The van der Waals surface area contributed by atoms with E-state index in [-0.39, 0.29) is 24.3 Å². The number of aryl methyl sites for hydroxylation is 2. The zero-order chi connectivity index (χ0) is 24.8. The third-order valence-corrected chi connectivity index (χ3v) is 6.58. The van der Waals surface area contributed by atoms with E-state index in [4.69, 9.17) is 10.5 Å². The van der Waals surface area contributed by atoms with Crippen molar-refractivity contribution in [2.24, 2.45) is 18.7 Å². The van der Waals surface area contributed by atoms with Crippen molar-refractivity contribution in [3.8, 4) is 11.3 Å². The van der Waals surface area contributed by atoms with Crippen LogP contribution in [0.3, 0.4) is 0 Å². The molecule has 2 aromatic rings. The summed E-state index contributed by atoms with van der Waals surface area (Å²) >= 11 is 0. The number of rotatable bonds is 5. The first-order chi connectivity index (χ1) is 15.9. The molecule has 2 aliphatic rings. The summed E-state index contributed by atoms with van der Waals surface area (Å²) in [5.41, 5.74) is 8.35. The molecular formula is C25H34FN5O3. The van der Waals surface area contributed by atoms with E-state index in [9.17, 15) is 14.0 Å². The largest absolute Gasteiger partial charge is 0.444 e. The summed E-state index contributed by atoms with van der Waals surface area (Å²) in [5, 5.41) is 7.10. The molecule has 2 heterocycles. The van der Waals surface area contributed by atoms with Crippen molar-refractivity contribution in [3.05, 3.63) is 41.3 Å². The van der Waals surface area contributed by atoms with Gasteiger partial charge in [-0.25, -0.2) is 9.18 Å². The van der Waals surface area contributed by atoms with E-state index in [1.54, 1.807) is 36.4 Å². The van der Waals surface area contributed by atoms with Gasteiger partial charge in [-0.2, -0.15) is 5.10 Å². The van der Waals surface area contributed by atoms with Crippen molar-refractivity contribution in [1.29, 1.82) is 0 Å². The van der Waals surface area contributed by atoms with E-state index >= 15 is 0 Å². The summed E-state index contributed by atoms with van der Waals surface area (Å²) < 4.78 is 22.1. The Labute approximate surface area is 199 Å². The maximum absolute atomic E-state index is 14.9. The first kappa shape index (κ1) is 24.2. The smallest absolute Gasteiger partial charge is 0.411 e. The van der Waals surface area contributed by atoms with Crippen LogP contribution in [0.15, 0.2) is 24.3 Å². The summed E-state index contributed by atoms with van der Waals surface area (Å²) in [5.74, 6) is -0.618. The number of hydrogen-bond acceptors (Lipinski definition) is 5. The molecule has 0 unspecified atom stereocenters. The molecule has 1 aliphatic heterocycles. The first-order valence-electron chi connectivity index (χ1n) is 11.8. The van der Waals surface area contributed by atoms with Gasteiger partial charge in [-0.1, -0.05) is 12.1 Å². The monoisotopic (exact) mass is 471 g/mol. The van der Waals surface area contributed by atoms with E-state index in [0.29, 0.717) is 5.56 Å². The highest BCUT2D eigenvalue weighted by Gasteiger charge is 2.52. The van der Waals surface area contributed by atoms with Crippen LogP contribution < -0.4 is 11.1 Å². The number of nitrogens with one attached hydrogen (secondary N) is 1. The normalized spacial score (nSPS) is 22.7. The summed E-state index contributed by atoms with van der Waals surface area (Å²) in [7, 11) is 1.82. The average Bonchev–Trinajstić information content (AvgIpc) is 3.42. The van der Waals surface area contributed by atoms with Crippen LogP contribution in [0.4, 0.5) is 9.18 Å². The van der Waals surface area contributed by atoms with E-state index in [2.05, 4.69) is 10.4 Å². The third kappa shape index (κ3) is 4.94. The van der Waals surface area contributed by atoms with Crippen molar-refractivity contribution in [2.45, 2.75) is 77.2 Å². The van der Waals surface area contributed by atoms with Crippen LogP contribution in [-0.4, -0.2) is 50.5 Å². The molecule has 4 rings (SSSR count). The summed E-state index contributed by atoms with van der Waals surface area (Å²) in [6.07, 6.45) is 1.42. The molecule has 2 bridgehead atoms. The summed E-state index contributed by atoms with van der Waals surface area (Å²) in [6, 6.07) is 6.26. The van der Waals surface area contributed by atoms with E-state index in [1.807, 2.05) is 26.1 Å². The minimum atomic E-state index is -0.786. The highest BCUT2D eigenvalue weighted by molar-refractivity contribution is 5.87. The van der Waals surface area contributed by atoms with Gasteiger partial charge in [0.05, 0.1) is 17.6 Å². The van der Waals surface area contributed by atoms with Crippen LogP contribution in [0, 0.1) is 18.7 Å². The maximum Gasteiger partial charge on any atom is 0.411 e. The Kier molecular flexibility index (Phi) is 6.42. The Balaban J connectivity index is 1.42. The van der Waals surface area contributed by atoms with Crippen molar-refractivity contribution in [1.82, 2.24) is 20.0 Å². The molecule has 0 spiro atoms. The van der Waals surface area contributed by atoms with Gasteiger partial charge in [-0.3, -0.25) is 14.4 Å². The SMILES string of the molecule is Cc1cc(-c2ccc(C[C@@H](N)NC(=O)[C@@H]3[C@H]4CC[C@H](C4)N3C(=O)OC(C)(C)C)c(F)c2)n(C)n1. The second-order valence-electron chi connectivity index (χ2n) is 10.5. The van der Waals surface area contributed by atoms with Gasteiger partial charge >= 0.3 is 6.09 Å². The number of benzene rings is 1. The predicted molar refractivity (Wildman–Crippen MR) is 126 cm³/mol. The van der Waals surface area contributed by atoms with Gasteiger partial charge in [0, 0.05) is 25.1 Å². The lowest BCUT2D eigenvalue weighted by molar-refractivity contribution is -0.128. The zero-order valence-electron chi connectivity index (χ0n) is 20.5. The molecular weight excluding hydrogens is 437 g/mol. The van der Waals surface area contributed by atoms with Gasteiger partial charge in [-0.15, -0.1) is 0 Å². The topological polar surface area (TPSA) is 102 Å². The standard InChI is InChI=1S/C25H34FN5O3/c1-14-10-20(30(5)29-14)16-7-6-15(19(26)12-16)13-21(27)28-23(32)22-17-8-9-18(11-17)31(22)24(33)34-25(2,3)4/h6-7,10,12,17-18,21-22H,8-9,11,13,27H2,1-5H3,(H,28,32)/t17-,18+,21-,22-/m0/s1. The number of nitrogens with two attached hydrogens (primary N) is 1. The molecule has 9 heteroatoms. The van der Waals surface area contributed by atoms with Gasteiger partial charge in [0.1, 0.15) is 17.5 Å². The first-order valence-corrected chi connectivity index (χ1v) is 11.8. The Morgan fingerprint density at radius 3 is 2.65 bits per heavy atom. The highest BCUT2D eigenvalue weighted by Crippen LogP contribution is 2.43. The lowest BCUT2D eigenvalue weighted by Crippen LogP contribution is -2.57. The molecule has 4 atom stereocenters. The molecule has 0 radical (unpaired) electrons. The number of halogens is 1. The summed E-state index contributed by atoms with van der Waals surface area (Å²) in [4.78, 5) is 27.5. The molecule has 8 nitrogen and oxygen atoms in total. The van der Waals surface area contributed by atoms with Crippen LogP contribution in [0.5, 0.6) is 0 Å². The van der Waals surface area contributed by atoms with Crippen molar-refractivity contribution < 1.29 is 18.7 Å². The van der Waals surface area contributed by atoms with Gasteiger partial charge in [0.25, 0.3) is 0 Å². The number of amides is 2. The maximum atomic E-state index is 14.9. The number of ether oxygens (including phenoxy) is 1. The number of carbonyl (C=O) groups excluding carboxylic acids is 2. The van der Waals surface area contributed by atoms with Gasteiger partial charge in [0.2, 0.25) is 5.91 Å². The van der Waals surface area contributed by atoms with Gasteiger partial charge in [0.15, 0.2) is 0 Å². The molecule has 1 saturated heterocycles. The molecule has 1 aliphatic carbocycles. The van der Waals surface area contributed by atoms with Crippen LogP contribution in [0.1, 0.15) is 51.3 Å². The summed E-state index contributed by atoms with van der Waals surface area (Å²) in [6.45, 7) is 7.30. The van der Waals surface area contributed by atoms with Crippen LogP contribution >= 0.6 is 0 Å². The van der Waals surface area contributed by atoms with Crippen LogP contribution in [0.25, 0.3) is 11.3 Å². The van der Waals surface area contributed by atoms with E-state index in [0.717, 1.165) is 36.2 Å². The zero-order valence-corrected chi connectivity index (χ0v) is 20.5. The lowest BCUT2D eigenvalue weighted by atomic mass is 9.97. The second kappa shape index (κ2) is 9.02. The Morgan fingerprint density at radius 1 is 1.29 bits per heavy atom. The fourth-order valence-corrected chi connectivity index (χ4v) is 5.21. The predicted octanol–water partition coefficient (Wildman–Crippen LogP) is 3.27. The molecule has 184 valence electrons. The van der Waals surface area contributed by atoms with Gasteiger partial charge < -0.3 is 15.8 Å². The van der Waals surface area contributed by atoms with Crippen LogP contribution in [-0.2, 0) is 23.0 Å². The van der Waals surface area contributed by atoms with Crippen LogP contribution in [0.2, 0.25) is 0 Å². The number of carbonyl (C=O) groups is 2. The number of aromatic nitrogens is 2. The number of nitrogens with zero attached hydrogens (tertiary/aromatic N) is 3. The minimum Gasteiger partial charge on any atom is -0.444 e. The molecule has 2 fully saturated rings. The molecule has 34 heavy (non-hydrogen) atoms. The molecule has 1 aromatic carbocycles. The molecule has 3 N–H and O–H groups in total. The van der Waals surface area contributed by atoms with Crippen molar-refractivity contribution in [2.75, 3.05) is 0 Å². The van der Waals surface area contributed by atoms with E-state index < -0.39 is 29.7 Å². The van der Waals surface area contributed by atoms with E-state index in [1.165, 1.54) is 6.07 Å². The fraction of sp³-hybridized carbons (Fsp3) is 0.560. The fourth-order valence-electron chi connectivity index (χ4n) is 5.21. The quantitative estimate of drug-likeness (QED) is 0.652. The van der Waals surface area contributed by atoms with Crippen molar-refractivity contribution in [3.63, 3.8) is 0 Å². The lowest BCUT2D eigenvalue weighted by Gasteiger charge is -2.36. The molecule has 1 saturated carbocycles.